The SMILES string of the molecule is C[C@]12CCC(OCCOCCN3CCCC3)C=C1CC[C@@H]1[C@H]2CC[C@@]2(C)[C@H]1CCC2(OCCN1CCCC1)c1ccoc1. The standard InChI is InChI=1S/C37H58N2O4/c1-35-13-9-31(42-26-25-40-23-20-38-16-3-4-17-38)27-29(35)7-8-32-33(35)10-14-36(2)34(32)11-15-37(36,30-12-22-41-28-30)43-24-21-39-18-5-6-19-39/h12,22,27-28,31-34H,3-11,13-21,23-26H2,1-2H3/t31?,32-,33-,34+,35+,36+,37?/m1/s1. The molecule has 1 aromatic rings. The van der Waals surface area contributed by atoms with E-state index in [1.165, 1.54) is 96.0 Å². The zero-order valence-corrected chi connectivity index (χ0v) is 27.2. The van der Waals surface area contributed by atoms with E-state index in [0.29, 0.717) is 18.6 Å². The molecule has 5 fully saturated rings. The van der Waals surface area contributed by atoms with Gasteiger partial charge in [0.05, 0.1) is 45.1 Å². The van der Waals surface area contributed by atoms with E-state index in [-0.39, 0.29) is 17.1 Å². The molecule has 1 aromatic heterocycles. The van der Waals surface area contributed by atoms with Gasteiger partial charge in [0, 0.05) is 24.1 Å². The van der Waals surface area contributed by atoms with E-state index in [4.69, 9.17) is 18.6 Å². The summed E-state index contributed by atoms with van der Waals surface area (Å²) in [6.07, 6.45) is 22.0. The summed E-state index contributed by atoms with van der Waals surface area (Å²) in [5, 5.41) is 0. The molecule has 6 heteroatoms. The molecule has 0 N–H and O–H groups in total. The minimum Gasteiger partial charge on any atom is -0.472 e. The summed E-state index contributed by atoms with van der Waals surface area (Å²) >= 11 is 0. The van der Waals surface area contributed by atoms with Crippen molar-refractivity contribution in [3.05, 3.63) is 35.8 Å². The highest BCUT2D eigenvalue weighted by Gasteiger charge is 2.65. The summed E-state index contributed by atoms with van der Waals surface area (Å²) < 4.78 is 25.1. The molecular formula is C37H58N2O4. The molecule has 0 bridgehead atoms. The van der Waals surface area contributed by atoms with Crippen molar-refractivity contribution in [2.24, 2.45) is 28.6 Å². The second-order valence-electron chi connectivity index (χ2n) is 15.4. The molecule has 240 valence electrons. The quantitative estimate of drug-likeness (QED) is 0.191. The molecule has 0 radical (unpaired) electrons. The van der Waals surface area contributed by atoms with Gasteiger partial charge in [0.1, 0.15) is 5.60 Å². The van der Waals surface area contributed by atoms with E-state index < -0.39 is 0 Å². The van der Waals surface area contributed by atoms with E-state index in [9.17, 15) is 0 Å². The maximum atomic E-state index is 7.14. The third kappa shape index (κ3) is 5.71. The van der Waals surface area contributed by atoms with Crippen molar-refractivity contribution in [2.75, 3.05) is 65.7 Å². The third-order valence-electron chi connectivity index (χ3n) is 13.4. The number of ether oxygens (including phenoxy) is 3. The van der Waals surface area contributed by atoms with Gasteiger partial charge >= 0.3 is 0 Å². The minimum absolute atomic E-state index is 0.162. The van der Waals surface area contributed by atoms with Crippen LogP contribution in [0.5, 0.6) is 0 Å². The second kappa shape index (κ2) is 12.9. The summed E-state index contributed by atoms with van der Waals surface area (Å²) in [5.74, 6) is 2.29. The summed E-state index contributed by atoms with van der Waals surface area (Å²) in [7, 11) is 0. The Balaban J connectivity index is 0.981. The first kappa shape index (κ1) is 30.5. The number of fused-ring (bicyclic) bond motifs is 5. The summed E-state index contributed by atoms with van der Waals surface area (Å²) in [6.45, 7) is 15.4. The topological polar surface area (TPSA) is 47.3 Å². The van der Waals surface area contributed by atoms with Crippen molar-refractivity contribution in [1.82, 2.24) is 9.80 Å². The molecule has 7 rings (SSSR count). The van der Waals surface area contributed by atoms with Crippen LogP contribution in [0.15, 0.2) is 34.7 Å². The lowest BCUT2D eigenvalue weighted by atomic mass is 9.46. The van der Waals surface area contributed by atoms with Gasteiger partial charge in [-0.25, -0.2) is 0 Å². The van der Waals surface area contributed by atoms with Gasteiger partial charge in [-0.3, -0.25) is 0 Å². The van der Waals surface area contributed by atoms with Gasteiger partial charge in [-0.15, -0.1) is 0 Å². The zero-order chi connectivity index (χ0) is 29.3. The molecule has 2 unspecified atom stereocenters. The Morgan fingerprint density at radius 1 is 0.814 bits per heavy atom. The van der Waals surface area contributed by atoms with Crippen LogP contribution >= 0.6 is 0 Å². The molecular weight excluding hydrogens is 536 g/mol. The van der Waals surface area contributed by atoms with Crippen molar-refractivity contribution in [3.63, 3.8) is 0 Å². The van der Waals surface area contributed by atoms with E-state index in [0.717, 1.165) is 56.9 Å². The zero-order valence-electron chi connectivity index (χ0n) is 27.2. The minimum atomic E-state index is -0.214. The first-order chi connectivity index (χ1) is 21.0. The number of nitrogens with zero attached hydrogens (tertiary/aromatic N) is 2. The van der Waals surface area contributed by atoms with Gasteiger partial charge in [-0.2, -0.15) is 0 Å². The molecule has 2 aliphatic heterocycles. The highest BCUT2D eigenvalue weighted by molar-refractivity contribution is 5.30. The number of hydrogen-bond donors (Lipinski definition) is 0. The maximum Gasteiger partial charge on any atom is 0.102 e. The third-order valence-corrected chi connectivity index (χ3v) is 13.4. The average Bonchev–Trinajstić information content (AvgIpc) is 3.83. The Morgan fingerprint density at radius 3 is 2.30 bits per heavy atom. The molecule has 2 saturated heterocycles. The molecule has 0 amide bonds. The molecule has 3 saturated carbocycles. The van der Waals surface area contributed by atoms with Crippen molar-refractivity contribution >= 4 is 0 Å². The highest BCUT2D eigenvalue weighted by atomic mass is 16.5. The molecule has 4 aliphatic carbocycles. The molecule has 7 atom stereocenters. The molecule has 6 aliphatic rings. The van der Waals surface area contributed by atoms with E-state index in [1.54, 1.807) is 5.57 Å². The first-order valence-corrected chi connectivity index (χ1v) is 18.0. The van der Waals surface area contributed by atoms with Crippen molar-refractivity contribution < 1.29 is 18.6 Å². The highest BCUT2D eigenvalue weighted by Crippen LogP contribution is 2.70. The molecule has 3 heterocycles. The van der Waals surface area contributed by atoms with Crippen LogP contribution in [-0.2, 0) is 19.8 Å². The number of rotatable bonds is 12. The van der Waals surface area contributed by atoms with Crippen LogP contribution in [0.2, 0.25) is 0 Å². The van der Waals surface area contributed by atoms with E-state index >= 15 is 0 Å². The Kier molecular flexibility index (Phi) is 9.15. The van der Waals surface area contributed by atoms with Gasteiger partial charge in [-0.05, 0) is 132 Å². The second-order valence-corrected chi connectivity index (χ2v) is 15.4. The van der Waals surface area contributed by atoms with Gasteiger partial charge in [0.2, 0.25) is 0 Å². The number of allylic oxidation sites excluding steroid dienone is 1. The normalized spacial score (nSPS) is 39.9. The van der Waals surface area contributed by atoms with Crippen molar-refractivity contribution in [2.45, 2.75) is 103 Å². The fraction of sp³-hybridized carbons (Fsp3) is 0.838. The van der Waals surface area contributed by atoms with Crippen LogP contribution < -0.4 is 0 Å². The van der Waals surface area contributed by atoms with Gasteiger partial charge in [0.25, 0.3) is 0 Å². The lowest BCUT2D eigenvalue weighted by molar-refractivity contribution is -0.167. The maximum absolute atomic E-state index is 7.14. The lowest BCUT2D eigenvalue weighted by Gasteiger charge is -2.60. The largest absolute Gasteiger partial charge is 0.472 e. The predicted octanol–water partition coefficient (Wildman–Crippen LogP) is 7.05. The van der Waals surface area contributed by atoms with Crippen LogP contribution in [0.25, 0.3) is 0 Å². The first-order valence-electron chi connectivity index (χ1n) is 18.0. The monoisotopic (exact) mass is 594 g/mol. The molecule has 0 aromatic carbocycles. The van der Waals surface area contributed by atoms with Crippen LogP contribution in [0, 0.1) is 28.6 Å². The van der Waals surface area contributed by atoms with Gasteiger partial charge in [-0.1, -0.05) is 25.5 Å². The summed E-state index contributed by atoms with van der Waals surface area (Å²) in [5.41, 5.74) is 3.26. The fourth-order valence-electron chi connectivity index (χ4n) is 11.0. The van der Waals surface area contributed by atoms with Gasteiger partial charge < -0.3 is 28.4 Å². The number of hydrogen-bond acceptors (Lipinski definition) is 6. The van der Waals surface area contributed by atoms with Crippen LogP contribution in [0.3, 0.4) is 0 Å². The number of furan rings is 1. The Morgan fingerprint density at radius 2 is 1.56 bits per heavy atom. The van der Waals surface area contributed by atoms with Crippen LogP contribution in [-0.4, -0.2) is 81.6 Å². The molecule has 0 spiro atoms. The molecule has 6 nitrogen and oxygen atoms in total. The van der Waals surface area contributed by atoms with Crippen LogP contribution in [0.4, 0.5) is 0 Å². The van der Waals surface area contributed by atoms with E-state index in [1.807, 2.05) is 12.5 Å². The van der Waals surface area contributed by atoms with Gasteiger partial charge in [0.15, 0.2) is 0 Å². The fourth-order valence-corrected chi connectivity index (χ4v) is 11.0. The Labute approximate surface area is 260 Å². The van der Waals surface area contributed by atoms with Crippen LogP contribution in [0.1, 0.15) is 96.5 Å². The smallest absolute Gasteiger partial charge is 0.102 e. The Hall–Kier alpha value is -1.18. The summed E-state index contributed by atoms with van der Waals surface area (Å²) in [4.78, 5) is 5.11. The number of likely N-dealkylation sites (tertiary alicyclic amines) is 2. The Bertz CT molecular complexity index is 1080. The van der Waals surface area contributed by atoms with E-state index in [2.05, 4.69) is 35.8 Å². The molecule has 43 heavy (non-hydrogen) atoms. The van der Waals surface area contributed by atoms with Crippen molar-refractivity contribution in [1.29, 1.82) is 0 Å². The van der Waals surface area contributed by atoms with Crippen molar-refractivity contribution in [3.8, 4) is 0 Å². The average molecular weight is 595 g/mol. The summed E-state index contributed by atoms with van der Waals surface area (Å²) in [6, 6.07) is 2.21. The lowest BCUT2D eigenvalue weighted by Crippen LogP contribution is -2.54. The predicted molar refractivity (Wildman–Crippen MR) is 170 cm³/mol.